The molecule has 3 nitrogen and oxygen atoms in total. The summed E-state index contributed by atoms with van der Waals surface area (Å²) < 4.78 is 0.641. The molecule has 0 bridgehead atoms. The summed E-state index contributed by atoms with van der Waals surface area (Å²) in [6.45, 7) is 0. The Bertz CT molecular complexity index is 566. The minimum atomic E-state index is 0.641. The van der Waals surface area contributed by atoms with Crippen molar-refractivity contribution >= 4 is 45.3 Å². The smallest absolute Gasteiger partial charge is 0.153 e. The zero-order chi connectivity index (χ0) is 12.1. The zero-order valence-corrected chi connectivity index (χ0v) is 10.9. The van der Waals surface area contributed by atoms with Gasteiger partial charge in [-0.05, 0) is 17.7 Å². The minimum Gasteiger partial charge on any atom is -0.262 e. The number of aromatic nitrogens is 1. The topological polar surface area (TPSA) is 37.3 Å². The third-order valence-corrected chi connectivity index (χ3v) is 3.24. The Labute approximate surface area is 109 Å². The number of pyridine rings is 1. The van der Waals surface area contributed by atoms with E-state index in [4.69, 9.17) is 12.2 Å². The van der Waals surface area contributed by atoms with Gasteiger partial charge in [-0.2, -0.15) is 5.10 Å². The Kier molecular flexibility index (Phi) is 4.06. The summed E-state index contributed by atoms with van der Waals surface area (Å²) in [5, 5.41) is 6.29. The molecule has 0 unspecified atom stereocenters. The van der Waals surface area contributed by atoms with Gasteiger partial charge >= 0.3 is 0 Å². The molecule has 0 radical (unpaired) electrons. The highest BCUT2D eigenvalue weighted by atomic mass is 32.2. The SMILES string of the molecule is CSC(=S)N/N=C/c1cc2ccccc2cn1. The van der Waals surface area contributed by atoms with Crippen LogP contribution in [0.15, 0.2) is 41.6 Å². The van der Waals surface area contributed by atoms with Crippen LogP contribution in [-0.2, 0) is 0 Å². The van der Waals surface area contributed by atoms with E-state index in [0.717, 1.165) is 16.5 Å². The fourth-order valence-corrected chi connectivity index (χ4v) is 1.56. The molecule has 86 valence electrons. The Morgan fingerprint density at radius 2 is 2.18 bits per heavy atom. The van der Waals surface area contributed by atoms with Crippen LogP contribution < -0.4 is 5.43 Å². The maximum Gasteiger partial charge on any atom is 0.153 e. The Balaban J connectivity index is 2.16. The second kappa shape index (κ2) is 5.75. The van der Waals surface area contributed by atoms with Gasteiger partial charge in [0.05, 0.1) is 11.9 Å². The summed E-state index contributed by atoms with van der Waals surface area (Å²) in [5.74, 6) is 0. The van der Waals surface area contributed by atoms with Crippen LogP contribution >= 0.6 is 24.0 Å². The van der Waals surface area contributed by atoms with E-state index in [1.165, 1.54) is 11.8 Å². The van der Waals surface area contributed by atoms with Crippen LogP contribution in [0.5, 0.6) is 0 Å². The van der Waals surface area contributed by atoms with Crippen LogP contribution in [0.1, 0.15) is 5.69 Å². The highest BCUT2D eigenvalue weighted by molar-refractivity contribution is 8.22. The van der Waals surface area contributed by atoms with E-state index in [0.29, 0.717) is 4.32 Å². The molecule has 2 aromatic rings. The van der Waals surface area contributed by atoms with Gasteiger partial charge in [-0.15, -0.1) is 0 Å². The second-order valence-corrected chi connectivity index (χ2v) is 4.80. The van der Waals surface area contributed by atoms with Crippen molar-refractivity contribution in [2.45, 2.75) is 0 Å². The normalized spacial score (nSPS) is 10.9. The van der Waals surface area contributed by atoms with Crippen molar-refractivity contribution in [2.24, 2.45) is 5.10 Å². The van der Waals surface area contributed by atoms with Gasteiger partial charge < -0.3 is 0 Å². The van der Waals surface area contributed by atoms with Gasteiger partial charge in [-0.25, -0.2) is 0 Å². The van der Waals surface area contributed by atoms with Gasteiger partial charge in [0.15, 0.2) is 4.32 Å². The number of hydrazone groups is 1. The van der Waals surface area contributed by atoms with E-state index >= 15 is 0 Å². The molecule has 1 heterocycles. The zero-order valence-electron chi connectivity index (χ0n) is 9.25. The number of benzene rings is 1. The van der Waals surface area contributed by atoms with Crippen LogP contribution in [0.3, 0.4) is 0 Å². The number of hydrogen-bond acceptors (Lipinski definition) is 4. The van der Waals surface area contributed by atoms with Crippen LogP contribution in [0.25, 0.3) is 10.8 Å². The molecule has 0 spiro atoms. The number of nitrogens with one attached hydrogen (secondary N) is 1. The van der Waals surface area contributed by atoms with Crippen LogP contribution in [0, 0.1) is 0 Å². The lowest BCUT2D eigenvalue weighted by Gasteiger charge is -1.99. The third-order valence-electron chi connectivity index (χ3n) is 2.19. The molecule has 0 atom stereocenters. The molecule has 0 saturated carbocycles. The monoisotopic (exact) mass is 261 g/mol. The first-order valence-corrected chi connectivity index (χ1v) is 6.65. The first-order valence-electron chi connectivity index (χ1n) is 5.01. The first-order chi connectivity index (χ1) is 8.29. The Hall–Kier alpha value is -1.46. The number of nitrogens with zero attached hydrogens (tertiary/aromatic N) is 2. The maximum absolute atomic E-state index is 4.97. The first kappa shape index (κ1) is 12.0. The third kappa shape index (κ3) is 3.25. The van der Waals surface area contributed by atoms with Crippen molar-refractivity contribution in [3.8, 4) is 0 Å². The number of thiocarbonyl (C=S) groups is 1. The van der Waals surface area contributed by atoms with Crippen LogP contribution in [-0.4, -0.2) is 21.8 Å². The molecule has 2 rings (SSSR count). The fourth-order valence-electron chi connectivity index (χ4n) is 1.37. The van der Waals surface area contributed by atoms with Gasteiger partial charge in [-0.1, -0.05) is 48.2 Å². The van der Waals surface area contributed by atoms with Crippen LogP contribution in [0.2, 0.25) is 0 Å². The average Bonchev–Trinajstić information content (AvgIpc) is 2.38. The predicted octanol–water partition coefficient (Wildman–Crippen LogP) is 2.81. The average molecular weight is 261 g/mol. The van der Waals surface area contributed by atoms with Gasteiger partial charge in [-0.3, -0.25) is 10.4 Å². The number of rotatable bonds is 2. The Morgan fingerprint density at radius 3 is 2.94 bits per heavy atom. The molecule has 1 N–H and O–H groups in total. The number of hydrogen-bond donors (Lipinski definition) is 1. The molecular weight excluding hydrogens is 250 g/mol. The standard InChI is InChI=1S/C12H11N3S2/c1-17-12(16)15-14-8-11-6-9-4-2-3-5-10(9)7-13-11/h2-8H,1H3,(H,15,16)/b14-8+. The molecule has 0 aliphatic carbocycles. The van der Waals surface area contributed by atoms with E-state index in [2.05, 4.69) is 15.5 Å². The van der Waals surface area contributed by atoms with E-state index < -0.39 is 0 Å². The van der Waals surface area contributed by atoms with E-state index in [9.17, 15) is 0 Å². The number of thioether (sulfide) groups is 1. The molecule has 5 heteroatoms. The molecule has 0 aliphatic rings. The van der Waals surface area contributed by atoms with E-state index in [1.54, 1.807) is 6.21 Å². The maximum atomic E-state index is 4.97. The summed E-state index contributed by atoms with van der Waals surface area (Å²) >= 11 is 6.41. The van der Waals surface area contributed by atoms with Crippen molar-refractivity contribution in [2.75, 3.05) is 6.26 Å². The lowest BCUT2D eigenvalue weighted by atomic mass is 10.1. The highest BCUT2D eigenvalue weighted by Crippen LogP contribution is 2.12. The van der Waals surface area contributed by atoms with E-state index in [1.807, 2.05) is 42.8 Å². The van der Waals surface area contributed by atoms with Crippen molar-refractivity contribution in [3.05, 3.63) is 42.2 Å². The molecule has 17 heavy (non-hydrogen) atoms. The molecule has 1 aromatic heterocycles. The van der Waals surface area contributed by atoms with Gasteiger partial charge in [0.2, 0.25) is 0 Å². The minimum absolute atomic E-state index is 0.641. The fraction of sp³-hybridized carbons (Fsp3) is 0.0833. The predicted molar refractivity (Wildman–Crippen MR) is 78.6 cm³/mol. The van der Waals surface area contributed by atoms with Crippen LogP contribution in [0.4, 0.5) is 0 Å². The van der Waals surface area contributed by atoms with Crippen molar-refractivity contribution < 1.29 is 0 Å². The lowest BCUT2D eigenvalue weighted by molar-refractivity contribution is 1.07. The molecule has 0 saturated heterocycles. The molecule has 0 amide bonds. The molecular formula is C12H11N3S2. The molecule has 0 fully saturated rings. The Morgan fingerprint density at radius 1 is 1.41 bits per heavy atom. The summed E-state index contributed by atoms with van der Waals surface area (Å²) in [4.78, 5) is 4.29. The van der Waals surface area contributed by atoms with Gasteiger partial charge in [0.25, 0.3) is 0 Å². The molecule has 0 aliphatic heterocycles. The largest absolute Gasteiger partial charge is 0.262 e. The van der Waals surface area contributed by atoms with Crippen molar-refractivity contribution in [1.29, 1.82) is 0 Å². The second-order valence-electron chi connectivity index (χ2n) is 3.32. The van der Waals surface area contributed by atoms with Crippen molar-refractivity contribution in [1.82, 2.24) is 10.4 Å². The summed E-state index contributed by atoms with van der Waals surface area (Å²) in [5.41, 5.74) is 3.56. The molecule has 1 aromatic carbocycles. The van der Waals surface area contributed by atoms with Crippen molar-refractivity contribution in [3.63, 3.8) is 0 Å². The lowest BCUT2D eigenvalue weighted by Crippen LogP contribution is -2.10. The number of fused-ring (bicyclic) bond motifs is 1. The quantitative estimate of drug-likeness (QED) is 0.512. The summed E-state index contributed by atoms with van der Waals surface area (Å²) in [6, 6.07) is 10.1. The van der Waals surface area contributed by atoms with Gasteiger partial charge in [0, 0.05) is 11.6 Å². The summed E-state index contributed by atoms with van der Waals surface area (Å²) in [6.07, 6.45) is 5.40. The van der Waals surface area contributed by atoms with Gasteiger partial charge in [0.1, 0.15) is 0 Å². The van der Waals surface area contributed by atoms with E-state index in [-0.39, 0.29) is 0 Å². The highest BCUT2D eigenvalue weighted by Gasteiger charge is 1.94. The summed E-state index contributed by atoms with van der Waals surface area (Å²) in [7, 11) is 0.